The molecule has 0 aliphatic rings. The summed E-state index contributed by atoms with van der Waals surface area (Å²) in [6.45, 7) is 8.69. The van der Waals surface area contributed by atoms with Crippen molar-refractivity contribution in [3.05, 3.63) is 16.1 Å². The third-order valence-electron chi connectivity index (χ3n) is 1.40. The summed E-state index contributed by atoms with van der Waals surface area (Å²) in [7, 11) is 2.20. The molecule has 0 saturated heterocycles. The van der Waals surface area contributed by atoms with E-state index in [4.69, 9.17) is 4.52 Å². The van der Waals surface area contributed by atoms with E-state index in [9.17, 15) is 4.79 Å². The SMILES string of the molecule is CC.CC.O=Cc1nc(C#CCCCOP)cs1. The van der Waals surface area contributed by atoms with Gasteiger partial charge >= 0.3 is 0 Å². The van der Waals surface area contributed by atoms with E-state index in [1.807, 2.05) is 27.7 Å². The van der Waals surface area contributed by atoms with Crippen molar-refractivity contribution in [1.82, 2.24) is 4.98 Å². The number of unbranched alkanes of at least 4 members (excludes halogenated alkanes) is 1. The molecule has 0 radical (unpaired) electrons. The first-order chi connectivity index (χ1) is 8.86. The summed E-state index contributed by atoms with van der Waals surface area (Å²) < 4.78 is 4.80. The van der Waals surface area contributed by atoms with E-state index < -0.39 is 0 Å². The Kier molecular flexibility index (Phi) is 17.7. The Labute approximate surface area is 117 Å². The van der Waals surface area contributed by atoms with Crippen molar-refractivity contribution in [2.24, 2.45) is 0 Å². The second-order valence-corrected chi connectivity index (χ2v) is 3.69. The lowest BCUT2D eigenvalue weighted by Gasteiger charge is -1.89. The van der Waals surface area contributed by atoms with Gasteiger partial charge in [-0.25, -0.2) is 4.98 Å². The molecule has 0 aliphatic carbocycles. The van der Waals surface area contributed by atoms with Gasteiger partial charge < -0.3 is 4.52 Å². The predicted molar refractivity (Wildman–Crippen MR) is 82.0 cm³/mol. The molecule has 0 saturated carbocycles. The Balaban J connectivity index is 0. The quantitative estimate of drug-likeness (QED) is 0.364. The fourth-order valence-electron chi connectivity index (χ4n) is 0.796. The van der Waals surface area contributed by atoms with Gasteiger partial charge in [-0.3, -0.25) is 4.79 Å². The molecule has 102 valence electrons. The molecule has 1 aromatic heterocycles. The number of carbonyl (C=O) groups is 1. The maximum atomic E-state index is 10.3. The Bertz CT molecular complexity index is 355. The van der Waals surface area contributed by atoms with E-state index in [2.05, 4.69) is 26.3 Å². The summed E-state index contributed by atoms with van der Waals surface area (Å²) in [4.78, 5) is 14.3. The standard InChI is InChI=1S/C9H10NO2PS.2C2H6/c11-6-9-10-8(7-14-9)4-2-1-3-5-12-13;2*1-2/h6-7H,1,3,5,13H2;2*1-2H3. The Hall–Kier alpha value is -0.750. The first-order valence-electron chi connectivity index (χ1n) is 6.08. The van der Waals surface area contributed by atoms with Gasteiger partial charge in [0.15, 0.2) is 11.3 Å². The lowest BCUT2D eigenvalue weighted by molar-refractivity contribution is 0.112. The van der Waals surface area contributed by atoms with Crippen molar-refractivity contribution >= 4 is 27.1 Å². The highest BCUT2D eigenvalue weighted by atomic mass is 32.1. The van der Waals surface area contributed by atoms with Gasteiger partial charge in [0, 0.05) is 21.3 Å². The van der Waals surface area contributed by atoms with Crippen molar-refractivity contribution in [2.75, 3.05) is 6.61 Å². The van der Waals surface area contributed by atoms with E-state index in [0.29, 0.717) is 17.3 Å². The van der Waals surface area contributed by atoms with Gasteiger partial charge in [-0.05, 0) is 12.3 Å². The first-order valence-corrected chi connectivity index (χ1v) is 7.43. The number of hydrogen-bond acceptors (Lipinski definition) is 4. The largest absolute Gasteiger partial charge is 0.366 e. The number of nitrogens with zero attached hydrogens (tertiary/aromatic N) is 1. The summed E-state index contributed by atoms with van der Waals surface area (Å²) >= 11 is 1.31. The Morgan fingerprint density at radius 1 is 1.44 bits per heavy atom. The minimum Gasteiger partial charge on any atom is -0.366 e. The summed E-state index contributed by atoms with van der Waals surface area (Å²) in [6, 6.07) is 0. The molecule has 0 N–H and O–H groups in total. The second kappa shape index (κ2) is 16.2. The lowest BCUT2D eigenvalue weighted by atomic mass is 10.3. The molecule has 5 heteroatoms. The number of thiazole rings is 1. The van der Waals surface area contributed by atoms with Crippen LogP contribution < -0.4 is 0 Å². The van der Waals surface area contributed by atoms with Gasteiger partial charge in [0.05, 0.1) is 6.61 Å². The minimum absolute atomic E-state index is 0.475. The molecular formula is C13H22NO2PS. The van der Waals surface area contributed by atoms with Gasteiger partial charge in [0.1, 0.15) is 5.69 Å². The predicted octanol–water partition coefficient (Wildman–Crippen LogP) is 3.95. The topological polar surface area (TPSA) is 39.2 Å². The van der Waals surface area contributed by atoms with Gasteiger partial charge in [-0.1, -0.05) is 33.6 Å². The zero-order valence-electron chi connectivity index (χ0n) is 11.5. The molecule has 0 fully saturated rings. The molecule has 1 atom stereocenters. The van der Waals surface area contributed by atoms with E-state index in [0.717, 1.165) is 19.1 Å². The summed E-state index contributed by atoms with van der Waals surface area (Å²) in [6.07, 6.45) is 2.42. The molecule has 1 aromatic rings. The average Bonchev–Trinajstić information content (AvgIpc) is 2.91. The number of rotatable bonds is 4. The van der Waals surface area contributed by atoms with Crippen LogP contribution in [0.4, 0.5) is 0 Å². The van der Waals surface area contributed by atoms with Gasteiger partial charge in [0.25, 0.3) is 0 Å². The monoisotopic (exact) mass is 287 g/mol. The molecule has 0 aliphatic heterocycles. The molecular weight excluding hydrogens is 265 g/mol. The number of aldehydes is 1. The number of carbonyl (C=O) groups excluding carboxylic acids is 1. The van der Waals surface area contributed by atoms with Crippen molar-refractivity contribution in [2.45, 2.75) is 40.5 Å². The fraction of sp³-hybridized carbons (Fsp3) is 0.538. The van der Waals surface area contributed by atoms with Crippen LogP contribution >= 0.6 is 20.8 Å². The van der Waals surface area contributed by atoms with Crippen LogP contribution in [0.25, 0.3) is 0 Å². The third kappa shape index (κ3) is 10.4. The number of aromatic nitrogens is 1. The van der Waals surface area contributed by atoms with Crippen molar-refractivity contribution in [3.63, 3.8) is 0 Å². The van der Waals surface area contributed by atoms with Crippen LogP contribution in [0.2, 0.25) is 0 Å². The van der Waals surface area contributed by atoms with E-state index in [1.54, 1.807) is 5.38 Å². The summed E-state index contributed by atoms with van der Waals surface area (Å²) in [5.41, 5.74) is 0.670. The Morgan fingerprint density at radius 2 is 2.11 bits per heavy atom. The lowest BCUT2D eigenvalue weighted by Crippen LogP contribution is -1.82. The highest BCUT2D eigenvalue weighted by Gasteiger charge is 1.95. The molecule has 0 bridgehead atoms. The fourth-order valence-corrected chi connectivity index (χ4v) is 1.51. The Morgan fingerprint density at radius 3 is 2.61 bits per heavy atom. The molecule has 1 heterocycles. The first kappa shape index (κ1) is 19.6. The van der Waals surface area contributed by atoms with Crippen LogP contribution in [0.1, 0.15) is 56.0 Å². The highest BCUT2D eigenvalue weighted by Crippen LogP contribution is 2.05. The summed E-state index contributed by atoms with van der Waals surface area (Å²) in [5.74, 6) is 5.85. The highest BCUT2D eigenvalue weighted by molar-refractivity contribution is 7.11. The molecule has 3 nitrogen and oxygen atoms in total. The zero-order valence-corrected chi connectivity index (χ0v) is 13.5. The minimum atomic E-state index is 0.475. The zero-order chi connectivity index (χ0) is 14.2. The van der Waals surface area contributed by atoms with E-state index >= 15 is 0 Å². The second-order valence-electron chi connectivity index (χ2n) is 2.46. The van der Waals surface area contributed by atoms with Crippen molar-refractivity contribution in [1.29, 1.82) is 0 Å². The third-order valence-corrected chi connectivity index (χ3v) is 2.41. The molecule has 0 amide bonds. The summed E-state index contributed by atoms with van der Waals surface area (Å²) in [5, 5.41) is 2.26. The normalized spacial score (nSPS) is 7.83. The van der Waals surface area contributed by atoms with Crippen LogP contribution in [-0.2, 0) is 4.52 Å². The van der Waals surface area contributed by atoms with Crippen LogP contribution in [0, 0.1) is 11.8 Å². The van der Waals surface area contributed by atoms with Crippen molar-refractivity contribution in [3.8, 4) is 11.8 Å². The molecule has 0 aromatic carbocycles. The molecule has 18 heavy (non-hydrogen) atoms. The molecule has 0 spiro atoms. The molecule has 1 rings (SSSR count). The number of hydrogen-bond donors (Lipinski definition) is 0. The van der Waals surface area contributed by atoms with Crippen LogP contribution in [0.5, 0.6) is 0 Å². The molecule has 1 unspecified atom stereocenters. The smallest absolute Gasteiger partial charge is 0.178 e. The maximum absolute atomic E-state index is 10.3. The average molecular weight is 287 g/mol. The van der Waals surface area contributed by atoms with Gasteiger partial charge in [-0.15, -0.1) is 11.3 Å². The van der Waals surface area contributed by atoms with Crippen LogP contribution in [-0.4, -0.2) is 17.9 Å². The van der Waals surface area contributed by atoms with Crippen molar-refractivity contribution < 1.29 is 9.32 Å². The van der Waals surface area contributed by atoms with E-state index in [1.165, 1.54) is 11.3 Å². The van der Waals surface area contributed by atoms with Crippen LogP contribution in [0.3, 0.4) is 0 Å². The van der Waals surface area contributed by atoms with Gasteiger partial charge in [0.2, 0.25) is 0 Å². The van der Waals surface area contributed by atoms with Gasteiger partial charge in [-0.2, -0.15) is 0 Å². The van der Waals surface area contributed by atoms with Crippen LogP contribution in [0.15, 0.2) is 5.38 Å². The van der Waals surface area contributed by atoms with E-state index in [-0.39, 0.29) is 0 Å². The maximum Gasteiger partial charge on any atom is 0.178 e.